The van der Waals surface area contributed by atoms with Gasteiger partial charge in [-0.3, -0.25) is 4.79 Å². The van der Waals surface area contributed by atoms with Gasteiger partial charge in [0, 0.05) is 5.56 Å². The Hall–Kier alpha value is -1.45. The molecule has 17 heavy (non-hydrogen) atoms. The minimum absolute atomic E-state index is 0.0402. The van der Waals surface area contributed by atoms with Gasteiger partial charge in [0.2, 0.25) is 0 Å². The topological polar surface area (TPSA) is 26.3 Å². The van der Waals surface area contributed by atoms with Crippen molar-refractivity contribution in [2.24, 2.45) is 0 Å². The maximum atomic E-state index is 13.7. The highest BCUT2D eigenvalue weighted by molar-refractivity contribution is 5.82. The molecule has 0 radical (unpaired) electrons. The molecule has 0 amide bonds. The monoisotopic (exact) mass is 242 g/mol. The van der Waals surface area contributed by atoms with E-state index in [4.69, 9.17) is 4.74 Å². The van der Waals surface area contributed by atoms with Crippen molar-refractivity contribution in [2.45, 2.75) is 32.6 Å². The minimum atomic E-state index is -1.15. The molecule has 0 aliphatic carbocycles. The van der Waals surface area contributed by atoms with Crippen molar-refractivity contribution in [3.05, 3.63) is 35.4 Å². The number of hydrogen-bond donors (Lipinski definition) is 0. The molecule has 0 fully saturated rings. The molecule has 1 aromatic carbocycles. The van der Waals surface area contributed by atoms with E-state index in [1.807, 2.05) is 0 Å². The average molecular weight is 242 g/mol. The van der Waals surface area contributed by atoms with Crippen LogP contribution < -0.4 is 0 Å². The summed E-state index contributed by atoms with van der Waals surface area (Å²) in [7, 11) is 0. The molecule has 0 N–H and O–H groups in total. The highest BCUT2D eigenvalue weighted by atomic mass is 19.1. The van der Waals surface area contributed by atoms with E-state index in [1.54, 1.807) is 20.8 Å². The van der Waals surface area contributed by atoms with Crippen LogP contribution in [0.25, 0.3) is 0 Å². The summed E-state index contributed by atoms with van der Waals surface area (Å²) in [6.45, 7) is 5.19. The standard InChI is InChI=1S/C13H16F2O2/c1-4-13(3,12(16)17-5-2)10-8-9(14)6-7-11(10)15/h6-8H,4-5H2,1-3H3. The molecule has 4 heteroatoms. The Morgan fingerprint density at radius 1 is 1.35 bits per heavy atom. The molecule has 94 valence electrons. The van der Waals surface area contributed by atoms with Crippen molar-refractivity contribution >= 4 is 5.97 Å². The van der Waals surface area contributed by atoms with E-state index in [1.165, 1.54) is 0 Å². The molecule has 1 unspecified atom stereocenters. The molecule has 0 bridgehead atoms. The van der Waals surface area contributed by atoms with E-state index in [-0.39, 0.29) is 12.2 Å². The second kappa shape index (κ2) is 5.25. The van der Waals surface area contributed by atoms with Crippen LogP contribution in [0.3, 0.4) is 0 Å². The van der Waals surface area contributed by atoms with E-state index in [9.17, 15) is 13.6 Å². The lowest BCUT2D eigenvalue weighted by molar-refractivity contribution is -0.149. The zero-order valence-corrected chi connectivity index (χ0v) is 10.2. The van der Waals surface area contributed by atoms with Crippen LogP contribution in [-0.4, -0.2) is 12.6 Å². The molecule has 0 aliphatic heterocycles. The van der Waals surface area contributed by atoms with Gasteiger partial charge in [0.05, 0.1) is 12.0 Å². The summed E-state index contributed by atoms with van der Waals surface area (Å²) < 4.78 is 31.7. The number of hydrogen-bond acceptors (Lipinski definition) is 2. The fourth-order valence-corrected chi connectivity index (χ4v) is 1.66. The third-order valence-corrected chi connectivity index (χ3v) is 2.96. The zero-order chi connectivity index (χ0) is 13.1. The number of rotatable bonds is 4. The van der Waals surface area contributed by atoms with Crippen LogP contribution in [0.1, 0.15) is 32.8 Å². The number of esters is 1. The van der Waals surface area contributed by atoms with E-state index in [0.29, 0.717) is 6.42 Å². The van der Waals surface area contributed by atoms with Gasteiger partial charge in [-0.15, -0.1) is 0 Å². The van der Waals surface area contributed by atoms with Crippen LogP contribution in [0, 0.1) is 11.6 Å². The first-order valence-electron chi connectivity index (χ1n) is 5.58. The number of carbonyl (C=O) groups excluding carboxylic acids is 1. The smallest absolute Gasteiger partial charge is 0.316 e. The van der Waals surface area contributed by atoms with Crippen molar-refractivity contribution in [3.63, 3.8) is 0 Å². The summed E-state index contributed by atoms with van der Waals surface area (Å²) in [5.74, 6) is -1.69. The van der Waals surface area contributed by atoms with E-state index >= 15 is 0 Å². The number of halogens is 2. The summed E-state index contributed by atoms with van der Waals surface area (Å²) in [6, 6.07) is 3.10. The molecular weight excluding hydrogens is 226 g/mol. The molecule has 0 heterocycles. The normalized spacial score (nSPS) is 14.2. The molecule has 0 saturated carbocycles. The lowest BCUT2D eigenvalue weighted by atomic mass is 9.79. The van der Waals surface area contributed by atoms with Crippen LogP contribution in [0.2, 0.25) is 0 Å². The van der Waals surface area contributed by atoms with Crippen LogP contribution in [0.5, 0.6) is 0 Å². The Bertz CT molecular complexity index is 418. The molecular formula is C13H16F2O2. The summed E-state index contributed by atoms with van der Waals surface area (Å²) >= 11 is 0. The molecule has 1 aromatic rings. The van der Waals surface area contributed by atoms with Crippen molar-refractivity contribution in [1.29, 1.82) is 0 Å². The largest absolute Gasteiger partial charge is 0.465 e. The minimum Gasteiger partial charge on any atom is -0.465 e. The predicted molar refractivity (Wildman–Crippen MR) is 60.6 cm³/mol. The number of ether oxygens (including phenoxy) is 1. The van der Waals surface area contributed by atoms with Crippen molar-refractivity contribution in [2.75, 3.05) is 6.61 Å². The predicted octanol–water partition coefficient (Wildman–Crippen LogP) is 3.20. The van der Waals surface area contributed by atoms with Crippen LogP contribution in [0.15, 0.2) is 18.2 Å². The Balaban J connectivity index is 3.24. The van der Waals surface area contributed by atoms with Crippen LogP contribution in [-0.2, 0) is 14.9 Å². The van der Waals surface area contributed by atoms with Crippen LogP contribution >= 0.6 is 0 Å². The Labute approximate surface area is 99.6 Å². The highest BCUT2D eigenvalue weighted by Crippen LogP contribution is 2.31. The van der Waals surface area contributed by atoms with Gasteiger partial charge < -0.3 is 4.74 Å². The van der Waals surface area contributed by atoms with Gasteiger partial charge >= 0.3 is 5.97 Å². The summed E-state index contributed by atoms with van der Waals surface area (Å²) in [4.78, 5) is 11.8. The number of benzene rings is 1. The quantitative estimate of drug-likeness (QED) is 0.758. The first kappa shape index (κ1) is 13.6. The number of carbonyl (C=O) groups is 1. The molecule has 1 atom stereocenters. The molecule has 0 spiro atoms. The molecule has 1 rings (SSSR count). The molecule has 2 nitrogen and oxygen atoms in total. The molecule has 0 aliphatic rings. The van der Waals surface area contributed by atoms with Gasteiger partial charge in [-0.05, 0) is 38.5 Å². The summed E-state index contributed by atoms with van der Waals surface area (Å²) in [6.07, 6.45) is 0.339. The lowest BCUT2D eigenvalue weighted by Gasteiger charge is -2.26. The third-order valence-electron chi connectivity index (χ3n) is 2.96. The first-order chi connectivity index (χ1) is 7.95. The van der Waals surface area contributed by atoms with Gasteiger partial charge in [-0.1, -0.05) is 6.92 Å². The SMILES string of the molecule is CCOC(=O)C(C)(CC)c1cc(F)ccc1F. The second-order valence-electron chi connectivity index (χ2n) is 4.03. The van der Waals surface area contributed by atoms with E-state index < -0.39 is 23.0 Å². The fourth-order valence-electron chi connectivity index (χ4n) is 1.66. The van der Waals surface area contributed by atoms with Crippen LogP contribution in [0.4, 0.5) is 8.78 Å². The van der Waals surface area contributed by atoms with E-state index in [2.05, 4.69) is 0 Å². The Kier molecular flexibility index (Phi) is 4.21. The lowest BCUT2D eigenvalue weighted by Crippen LogP contribution is -2.34. The van der Waals surface area contributed by atoms with Crippen molar-refractivity contribution in [3.8, 4) is 0 Å². The summed E-state index contributed by atoms with van der Waals surface area (Å²) in [5.41, 5.74) is -1.11. The van der Waals surface area contributed by atoms with Gasteiger partial charge in [0.15, 0.2) is 0 Å². The van der Waals surface area contributed by atoms with Gasteiger partial charge in [-0.25, -0.2) is 8.78 Å². The Morgan fingerprint density at radius 2 is 2.00 bits per heavy atom. The fraction of sp³-hybridized carbons (Fsp3) is 0.462. The van der Waals surface area contributed by atoms with Gasteiger partial charge in [-0.2, -0.15) is 0 Å². The third kappa shape index (κ3) is 2.62. The maximum absolute atomic E-state index is 13.7. The summed E-state index contributed by atoms with van der Waals surface area (Å²) in [5, 5.41) is 0. The molecule has 0 saturated heterocycles. The first-order valence-corrected chi connectivity index (χ1v) is 5.58. The van der Waals surface area contributed by atoms with E-state index in [0.717, 1.165) is 18.2 Å². The van der Waals surface area contributed by atoms with Gasteiger partial charge in [0.1, 0.15) is 11.6 Å². The van der Waals surface area contributed by atoms with Crippen molar-refractivity contribution < 1.29 is 18.3 Å². The highest BCUT2D eigenvalue weighted by Gasteiger charge is 2.37. The zero-order valence-electron chi connectivity index (χ0n) is 10.2. The maximum Gasteiger partial charge on any atom is 0.316 e. The van der Waals surface area contributed by atoms with Crippen molar-refractivity contribution in [1.82, 2.24) is 0 Å². The average Bonchev–Trinajstić information content (AvgIpc) is 2.31. The Morgan fingerprint density at radius 3 is 2.53 bits per heavy atom. The second-order valence-corrected chi connectivity index (χ2v) is 4.03. The van der Waals surface area contributed by atoms with Gasteiger partial charge in [0.25, 0.3) is 0 Å². The molecule has 0 aromatic heterocycles.